The second-order valence-corrected chi connectivity index (χ2v) is 15.3. The van der Waals surface area contributed by atoms with Crippen LogP contribution in [0.5, 0.6) is 0 Å². The Morgan fingerprint density at radius 3 is 0.980 bits per heavy atom. The zero-order valence-corrected chi connectivity index (χ0v) is 33.9. The molecule has 2 amide bonds. The third-order valence-corrected chi connectivity index (χ3v) is 10.4. The van der Waals surface area contributed by atoms with Gasteiger partial charge in [-0.1, -0.05) is 155 Å². The van der Waals surface area contributed by atoms with E-state index in [0.717, 1.165) is 38.5 Å². The summed E-state index contributed by atoms with van der Waals surface area (Å²) in [6.45, 7) is 8.81. The topological polar surface area (TPSA) is 58.2 Å². The van der Waals surface area contributed by atoms with Crippen molar-refractivity contribution in [3.05, 3.63) is 24.3 Å². The first kappa shape index (κ1) is 47.4. The number of nitrogens with zero attached hydrogens (tertiary/aromatic N) is 1. The number of hydrogen-bond acceptors (Lipinski definition) is 2. The average molecular weight is 689 g/mol. The SMILES string of the molecule is CCCCCCCC/C=C\CCCCCCCC(=O)NC(CC)[N+](C)(C)C(CC)NC(=O)CCCCCCC/C=C\CCCCCCCC. The van der Waals surface area contributed by atoms with E-state index in [2.05, 4.69) is 76.7 Å². The molecular weight excluding hydrogens is 603 g/mol. The minimum Gasteiger partial charge on any atom is -0.307 e. The Morgan fingerprint density at radius 2 is 0.694 bits per heavy atom. The molecule has 0 rings (SSSR count). The number of carbonyl (C=O) groups excluding carboxylic acids is 2. The van der Waals surface area contributed by atoms with Crippen molar-refractivity contribution in [1.82, 2.24) is 10.6 Å². The summed E-state index contributed by atoms with van der Waals surface area (Å²) >= 11 is 0. The van der Waals surface area contributed by atoms with E-state index in [0.29, 0.717) is 17.3 Å². The molecule has 0 aromatic heterocycles. The molecule has 5 heteroatoms. The van der Waals surface area contributed by atoms with Gasteiger partial charge < -0.3 is 10.6 Å². The molecule has 0 radical (unpaired) electrons. The van der Waals surface area contributed by atoms with E-state index in [1.807, 2.05) is 0 Å². The van der Waals surface area contributed by atoms with Crippen LogP contribution in [0.3, 0.4) is 0 Å². The Bertz CT molecular complexity index is 742. The van der Waals surface area contributed by atoms with Gasteiger partial charge in [0.05, 0.1) is 14.1 Å². The Kier molecular flexibility index (Phi) is 33.7. The quantitative estimate of drug-likeness (QED) is 0.0298. The smallest absolute Gasteiger partial charge is 0.224 e. The minimum atomic E-state index is -0.0132. The van der Waals surface area contributed by atoms with Crippen LogP contribution < -0.4 is 10.6 Å². The van der Waals surface area contributed by atoms with E-state index in [1.54, 1.807) is 0 Å². The molecule has 0 saturated heterocycles. The van der Waals surface area contributed by atoms with Gasteiger partial charge in [0.2, 0.25) is 11.8 Å². The number of carbonyl (C=O) groups is 2. The highest BCUT2D eigenvalue weighted by Crippen LogP contribution is 2.17. The van der Waals surface area contributed by atoms with Crippen LogP contribution in [0, 0.1) is 0 Å². The Balaban J connectivity index is 4.07. The van der Waals surface area contributed by atoms with Crippen LogP contribution in [-0.2, 0) is 9.59 Å². The van der Waals surface area contributed by atoms with Gasteiger partial charge in [-0.3, -0.25) is 14.1 Å². The van der Waals surface area contributed by atoms with Gasteiger partial charge in [-0.2, -0.15) is 0 Å². The maximum atomic E-state index is 12.9. The molecule has 0 heterocycles. The summed E-state index contributed by atoms with van der Waals surface area (Å²) in [6.07, 6.45) is 45.2. The maximum Gasteiger partial charge on any atom is 0.224 e. The lowest BCUT2D eigenvalue weighted by molar-refractivity contribution is -0.943. The van der Waals surface area contributed by atoms with Crippen molar-refractivity contribution >= 4 is 11.8 Å². The molecule has 0 aliphatic heterocycles. The lowest BCUT2D eigenvalue weighted by Crippen LogP contribution is -2.66. The molecule has 0 saturated carbocycles. The molecule has 0 bridgehead atoms. The Hall–Kier alpha value is -1.62. The molecule has 288 valence electrons. The molecule has 0 aromatic carbocycles. The molecule has 0 spiro atoms. The highest BCUT2D eigenvalue weighted by atomic mass is 16.2. The molecule has 0 fully saturated rings. The van der Waals surface area contributed by atoms with Gasteiger partial charge >= 0.3 is 0 Å². The average Bonchev–Trinajstić information content (AvgIpc) is 3.09. The van der Waals surface area contributed by atoms with E-state index in [9.17, 15) is 9.59 Å². The first-order valence-electron chi connectivity index (χ1n) is 21.5. The monoisotopic (exact) mass is 689 g/mol. The van der Waals surface area contributed by atoms with Crippen molar-refractivity contribution in [2.75, 3.05) is 14.1 Å². The second kappa shape index (κ2) is 34.8. The first-order valence-corrected chi connectivity index (χ1v) is 21.5. The third kappa shape index (κ3) is 28.7. The molecule has 0 aliphatic rings. The van der Waals surface area contributed by atoms with Crippen LogP contribution in [-0.4, -0.2) is 42.7 Å². The Labute approximate surface area is 306 Å². The van der Waals surface area contributed by atoms with Gasteiger partial charge in [0.15, 0.2) is 12.3 Å². The van der Waals surface area contributed by atoms with Crippen LogP contribution in [0.2, 0.25) is 0 Å². The summed E-state index contributed by atoms with van der Waals surface area (Å²) in [5.74, 6) is 0.287. The first-order chi connectivity index (χ1) is 23.8. The number of allylic oxidation sites excluding steroid dienone is 4. The number of rotatable bonds is 36. The van der Waals surface area contributed by atoms with Crippen molar-refractivity contribution in [3.63, 3.8) is 0 Å². The van der Waals surface area contributed by atoms with Gasteiger partial charge in [-0.05, 0) is 64.2 Å². The molecule has 0 aromatic rings. The van der Waals surface area contributed by atoms with Gasteiger partial charge in [0.25, 0.3) is 0 Å². The van der Waals surface area contributed by atoms with Crippen LogP contribution in [0.25, 0.3) is 0 Å². The predicted octanol–water partition coefficient (Wildman–Crippen LogP) is 12.8. The fourth-order valence-electron chi connectivity index (χ4n) is 6.92. The summed E-state index contributed by atoms with van der Waals surface area (Å²) in [7, 11) is 4.29. The van der Waals surface area contributed by atoms with Crippen LogP contribution >= 0.6 is 0 Å². The second-order valence-electron chi connectivity index (χ2n) is 15.3. The molecule has 2 N–H and O–H groups in total. The van der Waals surface area contributed by atoms with Gasteiger partial charge in [0.1, 0.15) is 0 Å². The molecule has 5 nitrogen and oxygen atoms in total. The van der Waals surface area contributed by atoms with E-state index < -0.39 is 0 Å². The molecule has 2 atom stereocenters. The molecular formula is C44H86N3O2+. The fourth-order valence-corrected chi connectivity index (χ4v) is 6.92. The van der Waals surface area contributed by atoms with Crippen LogP contribution in [0.4, 0.5) is 0 Å². The van der Waals surface area contributed by atoms with E-state index >= 15 is 0 Å². The lowest BCUT2D eigenvalue weighted by Gasteiger charge is -2.43. The van der Waals surface area contributed by atoms with Crippen LogP contribution in [0.15, 0.2) is 24.3 Å². The van der Waals surface area contributed by atoms with E-state index in [4.69, 9.17) is 0 Å². The summed E-state index contributed by atoms with van der Waals surface area (Å²) in [6, 6.07) is 0. The third-order valence-electron chi connectivity index (χ3n) is 10.4. The van der Waals surface area contributed by atoms with Crippen LogP contribution in [0.1, 0.15) is 220 Å². The van der Waals surface area contributed by atoms with Crippen molar-refractivity contribution in [2.45, 2.75) is 233 Å². The maximum absolute atomic E-state index is 12.9. The van der Waals surface area contributed by atoms with Gasteiger partial charge in [-0.25, -0.2) is 0 Å². The normalized spacial score (nSPS) is 13.3. The number of amides is 2. The number of hydrogen-bond donors (Lipinski definition) is 2. The van der Waals surface area contributed by atoms with Gasteiger partial charge in [0, 0.05) is 25.7 Å². The van der Waals surface area contributed by atoms with E-state index in [1.165, 1.54) is 141 Å². The number of quaternary nitrogens is 1. The highest BCUT2D eigenvalue weighted by Gasteiger charge is 2.36. The minimum absolute atomic E-state index is 0.0132. The molecule has 0 aliphatic carbocycles. The zero-order chi connectivity index (χ0) is 36.3. The zero-order valence-electron chi connectivity index (χ0n) is 33.9. The van der Waals surface area contributed by atoms with Crippen molar-refractivity contribution < 1.29 is 14.1 Å². The van der Waals surface area contributed by atoms with Crippen molar-refractivity contribution in [1.29, 1.82) is 0 Å². The summed E-state index contributed by atoms with van der Waals surface area (Å²) < 4.78 is 0.573. The largest absolute Gasteiger partial charge is 0.307 e. The molecule has 49 heavy (non-hydrogen) atoms. The summed E-state index contributed by atoms with van der Waals surface area (Å²) in [5, 5.41) is 6.63. The number of unbranched alkanes of at least 4 members (excludes halogenated alkanes) is 22. The van der Waals surface area contributed by atoms with Gasteiger partial charge in [-0.15, -0.1) is 0 Å². The van der Waals surface area contributed by atoms with E-state index in [-0.39, 0.29) is 24.1 Å². The summed E-state index contributed by atoms with van der Waals surface area (Å²) in [5.41, 5.74) is 0. The predicted molar refractivity (Wildman–Crippen MR) is 215 cm³/mol. The highest BCUT2D eigenvalue weighted by molar-refractivity contribution is 5.76. The fraction of sp³-hybridized carbons (Fsp3) is 0.864. The lowest BCUT2D eigenvalue weighted by atomic mass is 10.1. The Morgan fingerprint density at radius 1 is 0.429 bits per heavy atom. The standard InChI is InChI=1S/C44H85N3O2/c1-7-11-13-15-17-19-21-23-25-27-29-31-33-35-37-39-43(48)45-41(9-3)47(5,6)42(10-4)46-44(49)40-38-36-34-32-30-28-26-24-22-20-18-16-14-12-8-2/h23-26,41-42H,7-22,27-40H2,1-6H3,(H-,45,46,48,49)/p+1/b25-23-,26-24-. The van der Waals surface area contributed by atoms with Crippen molar-refractivity contribution in [3.8, 4) is 0 Å². The molecule has 2 unspecified atom stereocenters. The van der Waals surface area contributed by atoms with Crippen molar-refractivity contribution in [2.24, 2.45) is 0 Å². The summed E-state index contributed by atoms with van der Waals surface area (Å²) in [4.78, 5) is 25.7. The number of nitrogens with one attached hydrogen (secondary N) is 2.